The van der Waals surface area contributed by atoms with Gasteiger partial charge in [-0.25, -0.2) is 0 Å². The highest BCUT2D eigenvalue weighted by Gasteiger charge is 2.40. The summed E-state index contributed by atoms with van der Waals surface area (Å²) in [5, 5.41) is 12.8. The molecule has 1 atom stereocenters. The number of carbonyl (C=O) groups is 4. The average Bonchev–Trinajstić information content (AvgIpc) is 3.22. The number of nitrogens with zero attached hydrogens (tertiary/aromatic N) is 1. The van der Waals surface area contributed by atoms with Crippen molar-refractivity contribution in [2.75, 3.05) is 26.8 Å². The van der Waals surface area contributed by atoms with E-state index in [2.05, 4.69) is 10.3 Å². The fourth-order valence-electron chi connectivity index (χ4n) is 4.39. The van der Waals surface area contributed by atoms with E-state index in [9.17, 15) is 24.3 Å². The standard InChI is InChI=1S/C23H29N3O6/c1-32-12-11-24-22(30)20(15-7-3-2-4-8-15)26(14-19(27)28)23(31)21(29)17-13-25-18-10-6-5-9-16(17)18/h5-6,9-10,13,15,20,25H,2-4,7-8,11-12,14H2,1H3,(H,24,30)(H,27,28). The Balaban J connectivity index is 1.93. The van der Waals surface area contributed by atoms with Crippen LogP contribution in [-0.2, 0) is 19.1 Å². The van der Waals surface area contributed by atoms with Crippen molar-refractivity contribution in [2.45, 2.75) is 38.1 Å². The summed E-state index contributed by atoms with van der Waals surface area (Å²) in [6.45, 7) is -0.222. The molecule has 1 unspecified atom stereocenters. The van der Waals surface area contributed by atoms with Gasteiger partial charge in [-0.1, -0.05) is 37.5 Å². The van der Waals surface area contributed by atoms with Gasteiger partial charge in [-0.3, -0.25) is 19.2 Å². The normalized spacial score (nSPS) is 15.3. The van der Waals surface area contributed by atoms with E-state index >= 15 is 0 Å². The summed E-state index contributed by atoms with van der Waals surface area (Å²) in [6, 6.07) is 6.00. The number of para-hydroxylation sites is 1. The molecule has 1 heterocycles. The molecule has 2 aromatic rings. The first kappa shape index (κ1) is 23.5. The SMILES string of the molecule is COCCNC(=O)C(C1CCCCC1)N(CC(=O)O)C(=O)C(=O)c1c[nH]c2ccccc12. The summed E-state index contributed by atoms with van der Waals surface area (Å²) in [5.41, 5.74) is 0.845. The predicted molar refractivity (Wildman–Crippen MR) is 117 cm³/mol. The predicted octanol–water partition coefficient (Wildman–Crippen LogP) is 1.98. The number of aliphatic carboxylic acids is 1. The van der Waals surface area contributed by atoms with Gasteiger partial charge < -0.3 is 25.0 Å². The molecule has 0 radical (unpaired) electrons. The highest BCUT2D eigenvalue weighted by Crippen LogP contribution is 2.30. The summed E-state index contributed by atoms with van der Waals surface area (Å²) in [7, 11) is 1.50. The van der Waals surface area contributed by atoms with Crippen LogP contribution in [0.2, 0.25) is 0 Å². The zero-order valence-corrected chi connectivity index (χ0v) is 18.1. The Hall–Kier alpha value is -3.20. The molecule has 1 fully saturated rings. The van der Waals surface area contributed by atoms with Crippen molar-refractivity contribution in [3.63, 3.8) is 0 Å². The van der Waals surface area contributed by atoms with Crippen molar-refractivity contribution in [1.82, 2.24) is 15.2 Å². The Labute approximate surface area is 186 Å². The zero-order valence-electron chi connectivity index (χ0n) is 18.1. The first-order valence-electron chi connectivity index (χ1n) is 10.8. The number of hydrogen-bond acceptors (Lipinski definition) is 5. The summed E-state index contributed by atoms with van der Waals surface area (Å²) < 4.78 is 4.97. The van der Waals surface area contributed by atoms with Crippen LogP contribution in [0.25, 0.3) is 10.9 Å². The maximum absolute atomic E-state index is 13.3. The van der Waals surface area contributed by atoms with Crippen LogP contribution < -0.4 is 5.32 Å². The summed E-state index contributed by atoms with van der Waals surface area (Å²) in [4.78, 5) is 55.1. The molecule has 0 bridgehead atoms. The van der Waals surface area contributed by atoms with Gasteiger partial charge in [0.2, 0.25) is 5.91 Å². The van der Waals surface area contributed by atoms with E-state index in [-0.39, 0.29) is 24.6 Å². The lowest BCUT2D eigenvalue weighted by atomic mass is 9.82. The quantitative estimate of drug-likeness (QED) is 0.293. The summed E-state index contributed by atoms with van der Waals surface area (Å²) >= 11 is 0. The maximum Gasteiger partial charge on any atom is 0.323 e. The van der Waals surface area contributed by atoms with Gasteiger partial charge in [-0.2, -0.15) is 0 Å². The minimum absolute atomic E-state index is 0.156. The van der Waals surface area contributed by atoms with E-state index in [0.717, 1.165) is 24.2 Å². The van der Waals surface area contributed by atoms with Gasteiger partial charge in [0.25, 0.3) is 11.7 Å². The van der Waals surface area contributed by atoms with E-state index in [0.29, 0.717) is 23.7 Å². The van der Waals surface area contributed by atoms with Gasteiger partial charge in [0.05, 0.1) is 12.2 Å². The monoisotopic (exact) mass is 443 g/mol. The third kappa shape index (κ3) is 5.34. The Kier molecular flexibility index (Phi) is 7.99. The molecular weight excluding hydrogens is 414 g/mol. The van der Waals surface area contributed by atoms with Crippen molar-refractivity contribution in [2.24, 2.45) is 5.92 Å². The molecule has 3 rings (SSSR count). The van der Waals surface area contributed by atoms with Crippen LogP contribution in [-0.4, -0.2) is 71.4 Å². The Morgan fingerprint density at radius 1 is 1.19 bits per heavy atom. The number of fused-ring (bicyclic) bond motifs is 1. The lowest BCUT2D eigenvalue weighted by Gasteiger charge is -2.36. The zero-order chi connectivity index (χ0) is 23.1. The minimum Gasteiger partial charge on any atom is -0.480 e. The molecule has 9 heteroatoms. The number of carboxylic acid groups (broad SMARTS) is 1. The number of methoxy groups -OCH3 is 1. The lowest BCUT2D eigenvalue weighted by Crippen LogP contribution is -2.57. The molecule has 172 valence electrons. The van der Waals surface area contributed by atoms with Crippen LogP contribution in [0.3, 0.4) is 0 Å². The third-order valence-corrected chi connectivity index (χ3v) is 5.90. The summed E-state index contributed by atoms with van der Waals surface area (Å²) in [5.74, 6) is -3.79. The van der Waals surface area contributed by atoms with Crippen molar-refractivity contribution in [1.29, 1.82) is 0 Å². The van der Waals surface area contributed by atoms with Gasteiger partial charge in [0.15, 0.2) is 0 Å². The first-order valence-corrected chi connectivity index (χ1v) is 10.8. The van der Waals surface area contributed by atoms with E-state index in [4.69, 9.17) is 4.74 Å². The highest BCUT2D eigenvalue weighted by molar-refractivity contribution is 6.45. The molecule has 1 aliphatic rings. The van der Waals surface area contributed by atoms with Crippen LogP contribution >= 0.6 is 0 Å². The third-order valence-electron chi connectivity index (χ3n) is 5.90. The number of Topliss-reactive ketones (excluding diaryl/α,β-unsaturated/α-hetero) is 1. The Morgan fingerprint density at radius 3 is 2.59 bits per heavy atom. The van der Waals surface area contributed by atoms with Gasteiger partial charge in [0, 0.05) is 30.8 Å². The molecule has 1 aromatic heterocycles. The average molecular weight is 444 g/mol. The van der Waals surface area contributed by atoms with Crippen LogP contribution in [0, 0.1) is 5.92 Å². The molecule has 32 heavy (non-hydrogen) atoms. The maximum atomic E-state index is 13.3. The van der Waals surface area contributed by atoms with Gasteiger partial charge in [-0.15, -0.1) is 0 Å². The molecule has 0 spiro atoms. The minimum atomic E-state index is -1.28. The second kappa shape index (κ2) is 10.9. The lowest BCUT2D eigenvalue weighted by molar-refractivity contribution is -0.148. The molecule has 1 aliphatic carbocycles. The first-order chi connectivity index (χ1) is 15.4. The molecule has 0 saturated heterocycles. The topological polar surface area (TPSA) is 129 Å². The molecule has 3 N–H and O–H groups in total. The number of carbonyl (C=O) groups excluding carboxylic acids is 3. The fourth-order valence-corrected chi connectivity index (χ4v) is 4.39. The number of hydrogen-bond donors (Lipinski definition) is 3. The Morgan fingerprint density at radius 2 is 1.91 bits per heavy atom. The largest absolute Gasteiger partial charge is 0.480 e. The number of carboxylic acids is 1. The molecule has 1 saturated carbocycles. The Bertz CT molecular complexity index is 979. The molecular formula is C23H29N3O6. The van der Waals surface area contributed by atoms with Crippen LogP contribution in [0.15, 0.2) is 30.5 Å². The number of amides is 2. The summed E-state index contributed by atoms with van der Waals surface area (Å²) in [6.07, 6.45) is 5.61. The highest BCUT2D eigenvalue weighted by atomic mass is 16.5. The van der Waals surface area contributed by atoms with Crippen molar-refractivity contribution < 1.29 is 29.0 Å². The van der Waals surface area contributed by atoms with E-state index in [1.165, 1.54) is 13.3 Å². The molecule has 1 aromatic carbocycles. The number of benzene rings is 1. The number of aromatic nitrogens is 1. The van der Waals surface area contributed by atoms with Crippen molar-refractivity contribution in [3.8, 4) is 0 Å². The van der Waals surface area contributed by atoms with Crippen LogP contribution in [0.1, 0.15) is 42.5 Å². The number of aromatic amines is 1. The number of ether oxygens (including phenoxy) is 1. The van der Waals surface area contributed by atoms with Crippen molar-refractivity contribution >= 4 is 34.5 Å². The number of nitrogens with one attached hydrogen (secondary N) is 2. The molecule has 2 amide bonds. The number of H-pyrrole nitrogens is 1. The van der Waals surface area contributed by atoms with E-state index in [1.54, 1.807) is 24.3 Å². The molecule has 9 nitrogen and oxygen atoms in total. The smallest absolute Gasteiger partial charge is 0.323 e. The van der Waals surface area contributed by atoms with Gasteiger partial charge >= 0.3 is 5.97 Å². The van der Waals surface area contributed by atoms with Gasteiger partial charge in [-0.05, 0) is 24.8 Å². The number of ketones is 1. The fraction of sp³-hybridized carbons (Fsp3) is 0.478. The van der Waals surface area contributed by atoms with Crippen molar-refractivity contribution in [3.05, 3.63) is 36.0 Å². The van der Waals surface area contributed by atoms with Crippen LogP contribution in [0.5, 0.6) is 0 Å². The molecule has 0 aliphatic heterocycles. The van der Waals surface area contributed by atoms with E-state index in [1.807, 2.05) is 0 Å². The van der Waals surface area contributed by atoms with Crippen LogP contribution in [0.4, 0.5) is 0 Å². The second-order valence-electron chi connectivity index (χ2n) is 8.03. The van der Waals surface area contributed by atoms with E-state index < -0.39 is 36.2 Å². The second-order valence-corrected chi connectivity index (χ2v) is 8.03. The number of rotatable bonds is 10. The van der Waals surface area contributed by atoms with Gasteiger partial charge in [0.1, 0.15) is 12.6 Å².